The predicted molar refractivity (Wildman–Crippen MR) is 86.6 cm³/mol. The largest absolute Gasteiger partial charge is 0.378 e. The van der Waals surface area contributed by atoms with Gasteiger partial charge in [-0.1, -0.05) is 11.8 Å². The van der Waals surface area contributed by atoms with Crippen molar-refractivity contribution in [2.75, 3.05) is 26.3 Å². The Morgan fingerprint density at radius 1 is 1.33 bits per heavy atom. The molecule has 0 bridgehead atoms. The Morgan fingerprint density at radius 3 is 2.58 bits per heavy atom. The van der Waals surface area contributed by atoms with Crippen LogP contribution < -0.4 is 5.32 Å². The summed E-state index contributed by atoms with van der Waals surface area (Å²) in [6.07, 6.45) is 0. The van der Waals surface area contributed by atoms with Crippen molar-refractivity contribution in [3.05, 3.63) is 50.5 Å². The van der Waals surface area contributed by atoms with Gasteiger partial charge in [-0.3, -0.25) is 14.9 Å². The third-order valence-corrected chi connectivity index (χ3v) is 5.06. The fourth-order valence-corrected chi connectivity index (χ4v) is 3.78. The van der Waals surface area contributed by atoms with Crippen LogP contribution in [-0.2, 0) is 9.53 Å². The fraction of sp³-hybridized carbons (Fsp3) is 0.333. The molecule has 1 aromatic rings. The molecule has 0 unspecified atom stereocenters. The van der Waals surface area contributed by atoms with Crippen LogP contribution in [0.3, 0.4) is 0 Å². The Kier molecular flexibility index (Phi) is 4.69. The second-order valence-electron chi connectivity index (χ2n) is 5.21. The summed E-state index contributed by atoms with van der Waals surface area (Å²) >= 11 is 1.37. The van der Waals surface area contributed by atoms with E-state index in [0.717, 1.165) is 5.56 Å². The molecule has 0 saturated carbocycles. The van der Waals surface area contributed by atoms with Gasteiger partial charge in [-0.2, -0.15) is 5.26 Å². The van der Waals surface area contributed by atoms with E-state index in [1.165, 1.54) is 23.9 Å². The van der Waals surface area contributed by atoms with Gasteiger partial charge < -0.3 is 15.0 Å². The Morgan fingerprint density at radius 2 is 2.00 bits per heavy atom. The van der Waals surface area contributed by atoms with Crippen molar-refractivity contribution in [2.45, 2.75) is 5.37 Å². The van der Waals surface area contributed by atoms with Crippen LogP contribution in [0.25, 0.3) is 0 Å². The molecule has 1 saturated heterocycles. The fourth-order valence-electron chi connectivity index (χ4n) is 2.51. The summed E-state index contributed by atoms with van der Waals surface area (Å²) in [6, 6.07) is 8.01. The van der Waals surface area contributed by atoms with Crippen molar-refractivity contribution in [2.24, 2.45) is 0 Å². The first-order valence-corrected chi connectivity index (χ1v) is 8.17. The summed E-state index contributed by atoms with van der Waals surface area (Å²) in [5.74, 6) is -0.430. The minimum absolute atomic E-state index is 0.00690. The molecule has 0 aliphatic carbocycles. The molecule has 0 radical (unpaired) electrons. The van der Waals surface area contributed by atoms with Crippen LogP contribution in [0.4, 0.5) is 5.69 Å². The number of nitro benzene ring substituents is 1. The number of non-ortho nitro benzene ring substituents is 1. The first-order valence-electron chi connectivity index (χ1n) is 7.29. The SMILES string of the molecule is N#CC1=C(N2CCOCC2)S[C@H](c2ccc([N+](=O)[O-])cc2)NC1=O. The van der Waals surface area contributed by atoms with E-state index in [1.54, 1.807) is 12.1 Å². The van der Waals surface area contributed by atoms with Gasteiger partial charge in [0.2, 0.25) is 0 Å². The molecule has 1 atom stereocenters. The molecular weight excluding hydrogens is 332 g/mol. The number of nitro groups is 1. The van der Waals surface area contributed by atoms with Gasteiger partial charge in [-0.25, -0.2) is 0 Å². The first kappa shape index (κ1) is 16.3. The molecule has 1 amide bonds. The molecule has 8 nitrogen and oxygen atoms in total. The number of hydrogen-bond acceptors (Lipinski definition) is 7. The second kappa shape index (κ2) is 6.90. The molecule has 1 fully saturated rings. The molecule has 0 spiro atoms. The molecule has 2 aliphatic rings. The number of rotatable bonds is 3. The maximum Gasteiger partial charge on any atom is 0.269 e. The van der Waals surface area contributed by atoms with E-state index in [1.807, 2.05) is 11.0 Å². The zero-order chi connectivity index (χ0) is 17.1. The normalized spacial score (nSPS) is 21.2. The van der Waals surface area contributed by atoms with Gasteiger partial charge in [0.1, 0.15) is 17.0 Å². The lowest BCUT2D eigenvalue weighted by molar-refractivity contribution is -0.384. The monoisotopic (exact) mass is 346 g/mol. The second-order valence-corrected chi connectivity index (χ2v) is 6.31. The van der Waals surface area contributed by atoms with Gasteiger partial charge in [0.25, 0.3) is 11.6 Å². The van der Waals surface area contributed by atoms with Crippen LogP contribution in [0.1, 0.15) is 10.9 Å². The van der Waals surface area contributed by atoms with Crippen molar-refractivity contribution in [3.8, 4) is 6.07 Å². The summed E-state index contributed by atoms with van der Waals surface area (Å²) in [7, 11) is 0. The number of benzene rings is 1. The topological polar surface area (TPSA) is 108 Å². The van der Waals surface area contributed by atoms with E-state index in [-0.39, 0.29) is 11.3 Å². The molecule has 1 N–H and O–H groups in total. The standard InChI is InChI=1S/C15H14N4O4S/c16-9-12-13(20)17-14(10-1-3-11(4-2-10)19(21)22)24-15(12)18-5-7-23-8-6-18/h1-4,14H,5-8H2,(H,17,20)/t14-/m1/s1. The summed E-state index contributed by atoms with van der Waals surface area (Å²) in [5.41, 5.74) is 0.828. The minimum Gasteiger partial charge on any atom is -0.378 e. The number of thioether (sulfide) groups is 1. The number of carbonyl (C=O) groups excluding carboxylic acids is 1. The average Bonchev–Trinajstić information content (AvgIpc) is 2.62. The quantitative estimate of drug-likeness (QED) is 0.653. The lowest BCUT2D eigenvalue weighted by atomic mass is 10.2. The van der Waals surface area contributed by atoms with Gasteiger partial charge in [0, 0.05) is 25.2 Å². The zero-order valence-electron chi connectivity index (χ0n) is 12.6. The van der Waals surface area contributed by atoms with Crippen molar-refractivity contribution in [1.29, 1.82) is 5.26 Å². The molecule has 3 rings (SSSR count). The van der Waals surface area contributed by atoms with Crippen molar-refractivity contribution in [1.82, 2.24) is 10.2 Å². The highest BCUT2D eigenvalue weighted by atomic mass is 32.2. The highest BCUT2D eigenvalue weighted by Gasteiger charge is 2.32. The number of nitrogens with zero attached hydrogens (tertiary/aromatic N) is 3. The van der Waals surface area contributed by atoms with Crippen LogP contribution >= 0.6 is 11.8 Å². The maximum absolute atomic E-state index is 12.3. The lowest BCUT2D eigenvalue weighted by Gasteiger charge is -2.35. The van der Waals surface area contributed by atoms with Crippen LogP contribution in [0, 0.1) is 21.4 Å². The molecule has 0 aromatic heterocycles. The average molecular weight is 346 g/mol. The summed E-state index contributed by atoms with van der Waals surface area (Å²) in [6.45, 7) is 2.33. The third-order valence-electron chi connectivity index (χ3n) is 3.75. The van der Waals surface area contributed by atoms with Gasteiger partial charge in [-0.15, -0.1) is 0 Å². The van der Waals surface area contributed by atoms with Gasteiger partial charge >= 0.3 is 0 Å². The number of ether oxygens (including phenoxy) is 1. The highest BCUT2D eigenvalue weighted by molar-refractivity contribution is 8.03. The van der Waals surface area contributed by atoms with Gasteiger partial charge in [0.15, 0.2) is 0 Å². The Labute approximate surface area is 142 Å². The molecule has 124 valence electrons. The van der Waals surface area contributed by atoms with E-state index in [2.05, 4.69) is 5.32 Å². The number of nitrogens with one attached hydrogen (secondary N) is 1. The molecule has 1 aromatic carbocycles. The maximum atomic E-state index is 12.3. The Bertz CT molecular complexity index is 735. The molecule has 2 aliphatic heterocycles. The van der Waals surface area contributed by atoms with E-state index in [9.17, 15) is 20.2 Å². The number of hydrogen-bond donors (Lipinski definition) is 1. The Balaban J connectivity index is 1.87. The zero-order valence-corrected chi connectivity index (χ0v) is 13.4. The number of amides is 1. The van der Waals surface area contributed by atoms with Crippen LogP contribution in [0.5, 0.6) is 0 Å². The summed E-state index contributed by atoms with van der Waals surface area (Å²) in [4.78, 5) is 24.5. The summed E-state index contributed by atoms with van der Waals surface area (Å²) < 4.78 is 5.31. The van der Waals surface area contributed by atoms with Crippen molar-refractivity contribution in [3.63, 3.8) is 0 Å². The first-order chi connectivity index (χ1) is 11.6. The molecule has 9 heteroatoms. The highest BCUT2D eigenvalue weighted by Crippen LogP contribution is 2.40. The van der Waals surface area contributed by atoms with E-state index >= 15 is 0 Å². The van der Waals surface area contributed by atoms with E-state index in [4.69, 9.17) is 4.74 Å². The van der Waals surface area contributed by atoms with Crippen molar-refractivity contribution >= 4 is 23.4 Å². The van der Waals surface area contributed by atoms with Gasteiger partial charge in [-0.05, 0) is 17.7 Å². The smallest absolute Gasteiger partial charge is 0.269 e. The van der Waals surface area contributed by atoms with E-state index in [0.29, 0.717) is 31.3 Å². The number of nitriles is 1. The number of morpholine rings is 1. The van der Waals surface area contributed by atoms with E-state index < -0.39 is 16.2 Å². The molecule has 24 heavy (non-hydrogen) atoms. The molecular formula is C15H14N4O4S. The number of carbonyl (C=O) groups is 1. The lowest BCUT2D eigenvalue weighted by Crippen LogP contribution is -2.40. The summed E-state index contributed by atoms with van der Waals surface area (Å²) in [5, 5.41) is 23.1. The van der Waals surface area contributed by atoms with Crippen LogP contribution in [-0.4, -0.2) is 42.0 Å². The Hall–Kier alpha value is -2.57. The van der Waals surface area contributed by atoms with Crippen molar-refractivity contribution < 1.29 is 14.5 Å². The van der Waals surface area contributed by atoms with Crippen LogP contribution in [0.15, 0.2) is 34.9 Å². The minimum atomic E-state index is -0.469. The molecule has 2 heterocycles. The van der Waals surface area contributed by atoms with Crippen LogP contribution in [0.2, 0.25) is 0 Å². The third kappa shape index (κ3) is 3.20. The predicted octanol–water partition coefficient (Wildman–Crippen LogP) is 1.52. The van der Waals surface area contributed by atoms with Gasteiger partial charge in [0.05, 0.1) is 23.2 Å².